The molecular formula is C24H31NO. The quantitative estimate of drug-likeness (QED) is 0.632. The first-order chi connectivity index (χ1) is 12.0. The molecule has 0 aromatic heterocycles. The Hall–Kier alpha value is -2.09. The first-order valence-corrected chi connectivity index (χ1v) is 9.52. The molecule has 0 aliphatic heterocycles. The van der Waals surface area contributed by atoms with Gasteiger partial charge in [0.25, 0.3) is 5.91 Å². The summed E-state index contributed by atoms with van der Waals surface area (Å²) in [5.41, 5.74) is 4.65. The summed E-state index contributed by atoms with van der Waals surface area (Å²) in [6, 6.07) is 15.9. The van der Waals surface area contributed by atoms with Crippen LogP contribution in [-0.4, -0.2) is 5.91 Å². The van der Waals surface area contributed by atoms with Gasteiger partial charge in [0.2, 0.25) is 0 Å². The normalized spacial score (nSPS) is 19.9. The standard InChI is InChI=1S/C24H31NO/c1-22(2)15-23(3,4)19-13-12-17(14-20(19)24(5,6)16-22)21(26)25-18-10-8-7-9-11-18/h7-14H,15-16H2,1-6H3,(H,25,26). The minimum absolute atomic E-state index is 0.0373. The molecule has 2 nitrogen and oxygen atoms in total. The van der Waals surface area contributed by atoms with Crippen LogP contribution in [0.4, 0.5) is 5.69 Å². The highest BCUT2D eigenvalue weighted by molar-refractivity contribution is 6.04. The van der Waals surface area contributed by atoms with E-state index in [-0.39, 0.29) is 22.2 Å². The summed E-state index contributed by atoms with van der Waals surface area (Å²) in [5, 5.41) is 3.01. The fraction of sp³-hybridized carbons (Fsp3) is 0.458. The van der Waals surface area contributed by atoms with Crippen molar-refractivity contribution in [2.45, 2.75) is 65.2 Å². The number of anilines is 1. The predicted octanol–water partition coefficient (Wildman–Crippen LogP) is 6.31. The molecule has 0 saturated carbocycles. The van der Waals surface area contributed by atoms with Crippen LogP contribution in [0.5, 0.6) is 0 Å². The Labute approximate surface area is 158 Å². The second-order valence-corrected chi connectivity index (χ2v) is 9.87. The molecule has 0 atom stereocenters. The van der Waals surface area contributed by atoms with E-state index in [0.29, 0.717) is 0 Å². The van der Waals surface area contributed by atoms with Crippen LogP contribution in [0.2, 0.25) is 0 Å². The van der Waals surface area contributed by atoms with Crippen molar-refractivity contribution in [3.05, 3.63) is 65.2 Å². The third-order valence-corrected chi connectivity index (χ3v) is 5.61. The topological polar surface area (TPSA) is 29.1 Å². The molecule has 1 N–H and O–H groups in total. The maximum Gasteiger partial charge on any atom is 0.255 e. The van der Waals surface area contributed by atoms with Gasteiger partial charge in [-0.1, -0.05) is 65.8 Å². The monoisotopic (exact) mass is 349 g/mol. The minimum atomic E-state index is -0.0453. The Morgan fingerprint density at radius 2 is 1.38 bits per heavy atom. The summed E-state index contributed by atoms with van der Waals surface area (Å²) >= 11 is 0. The number of carbonyl (C=O) groups is 1. The molecule has 0 heterocycles. The van der Waals surface area contributed by atoms with Crippen molar-refractivity contribution < 1.29 is 4.79 Å². The first kappa shape index (κ1) is 18.7. The smallest absolute Gasteiger partial charge is 0.255 e. The van der Waals surface area contributed by atoms with Crippen LogP contribution in [0.3, 0.4) is 0 Å². The van der Waals surface area contributed by atoms with Gasteiger partial charge in [0.05, 0.1) is 0 Å². The number of benzene rings is 2. The van der Waals surface area contributed by atoms with Crippen LogP contribution in [0.1, 0.15) is 75.9 Å². The van der Waals surface area contributed by atoms with E-state index in [0.717, 1.165) is 24.1 Å². The molecule has 1 aliphatic rings. The molecule has 1 amide bonds. The summed E-state index contributed by atoms with van der Waals surface area (Å²) in [6.07, 6.45) is 2.26. The molecule has 0 unspecified atom stereocenters. The second kappa shape index (κ2) is 6.26. The zero-order valence-corrected chi connectivity index (χ0v) is 16.9. The van der Waals surface area contributed by atoms with E-state index in [1.54, 1.807) is 0 Å². The second-order valence-electron chi connectivity index (χ2n) is 9.87. The van der Waals surface area contributed by atoms with Crippen LogP contribution < -0.4 is 5.32 Å². The maximum absolute atomic E-state index is 12.8. The number of para-hydroxylation sites is 1. The van der Waals surface area contributed by atoms with Gasteiger partial charge in [-0.05, 0) is 64.5 Å². The third-order valence-electron chi connectivity index (χ3n) is 5.61. The number of rotatable bonds is 2. The number of hydrogen-bond acceptors (Lipinski definition) is 1. The van der Waals surface area contributed by atoms with Crippen LogP contribution in [0.15, 0.2) is 48.5 Å². The number of nitrogens with one attached hydrogen (secondary N) is 1. The van der Waals surface area contributed by atoms with Crippen molar-refractivity contribution in [1.29, 1.82) is 0 Å². The third kappa shape index (κ3) is 3.70. The Bertz CT molecular complexity index is 815. The molecule has 2 aromatic rings. The van der Waals surface area contributed by atoms with Crippen molar-refractivity contribution >= 4 is 11.6 Å². The summed E-state index contributed by atoms with van der Waals surface area (Å²) in [7, 11) is 0. The Balaban J connectivity index is 2.01. The van der Waals surface area contributed by atoms with Gasteiger partial charge in [0, 0.05) is 11.3 Å². The average molecular weight is 350 g/mol. The fourth-order valence-corrected chi connectivity index (χ4v) is 5.21. The van der Waals surface area contributed by atoms with E-state index in [4.69, 9.17) is 0 Å². The lowest BCUT2D eigenvalue weighted by molar-refractivity contribution is 0.102. The van der Waals surface area contributed by atoms with Gasteiger partial charge in [-0.2, -0.15) is 0 Å². The molecule has 1 aliphatic carbocycles. The van der Waals surface area contributed by atoms with Gasteiger partial charge in [-0.3, -0.25) is 4.79 Å². The summed E-state index contributed by atoms with van der Waals surface area (Å²) in [6.45, 7) is 14.0. The van der Waals surface area contributed by atoms with E-state index in [1.165, 1.54) is 11.1 Å². The molecule has 2 heteroatoms. The number of hydrogen-bond donors (Lipinski definition) is 1. The maximum atomic E-state index is 12.8. The largest absolute Gasteiger partial charge is 0.322 e. The Kier molecular flexibility index (Phi) is 4.50. The van der Waals surface area contributed by atoms with Crippen molar-refractivity contribution in [1.82, 2.24) is 0 Å². The highest BCUT2D eigenvalue weighted by atomic mass is 16.1. The zero-order valence-electron chi connectivity index (χ0n) is 16.9. The molecular weight excluding hydrogens is 318 g/mol. The van der Waals surface area contributed by atoms with E-state index in [2.05, 4.69) is 59.0 Å². The molecule has 0 spiro atoms. The highest BCUT2D eigenvalue weighted by Gasteiger charge is 2.42. The summed E-state index contributed by atoms with van der Waals surface area (Å²) < 4.78 is 0. The number of fused-ring (bicyclic) bond motifs is 1. The van der Waals surface area contributed by atoms with Crippen LogP contribution in [0.25, 0.3) is 0 Å². The predicted molar refractivity (Wildman–Crippen MR) is 110 cm³/mol. The summed E-state index contributed by atoms with van der Waals surface area (Å²) in [5.74, 6) is -0.0453. The van der Waals surface area contributed by atoms with E-state index in [9.17, 15) is 4.79 Å². The highest BCUT2D eigenvalue weighted by Crippen LogP contribution is 2.50. The summed E-state index contributed by atoms with van der Waals surface area (Å²) in [4.78, 5) is 12.8. The molecule has 2 aromatic carbocycles. The minimum Gasteiger partial charge on any atom is -0.322 e. The molecule has 26 heavy (non-hydrogen) atoms. The number of carbonyl (C=O) groups excluding carboxylic acids is 1. The van der Waals surface area contributed by atoms with Gasteiger partial charge in [-0.25, -0.2) is 0 Å². The first-order valence-electron chi connectivity index (χ1n) is 9.52. The van der Waals surface area contributed by atoms with E-state index < -0.39 is 0 Å². The molecule has 0 bridgehead atoms. The lowest BCUT2D eigenvalue weighted by Gasteiger charge is -2.34. The average Bonchev–Trinajstić information content (AvgIpc) is 2.58. The SMILES string of the molecule is CC1(C)CC(C)(C)c2ccc(C(=O)Nc3ccccc3)cc2C(C)(C)C1. The van der Waals surface area contributed by atoms with Crippen molar-refractivity contribution in [3.8, 4) is 0 Å². The van der Waals surface area contributed by atoms with Crippen molar-refractivity contribution in [3.63, 3.8) is 0 Å². The van der Waals surface area contributed by atoms with Gasteiger partial charge < -0.3 is 5.32 Å². The van der Waals surface area contributed by atoms with Crippen molar-refractivity contribution in [2.24, 2.45) is 5.41 Å². The molecule has 0 saturated heterocycles. The van der Waals surface area contributed by atoms with Gasteiger partial charge in [0.1, 0.15) is 0 Å². The van der Waals surface area contributed by atoms with Crippen molar-refractivity contribution in [2.75, 3.05) is 5.32 Å². The Morgan fingerprint density at radius 3 is 2.00 bits per heavy atom. The van der Waals surface area contributed by atoms with Crippen LogP contribution in [-0.2, 0) is 10.8 Å². The zero-order chi connectivity index (χ0) is 19.2. The van der Waals surface area contributed by atoms with E-state index >= 15 is 0 Å². The molecule has 0 fully saturated rings. The molecule has 3 rings (SSSR count). The van der Waals surface area contributed by atoms with Gasteiger partial charge in [0.15, 0.2) is 0 Å². The van der Waals surface area contributed by atoms with Gasteiger partial charge >= 0.3 is 0 Å². The molecule has 138 valence electrons. The Morgan fingerprint density at radius 1 is 0.808 bits per heavy atom. The lowest BCUT2D eigenvalue weighted by atomic mass is 9.70. The fourth-order valence-electron chi connectivity index (χ4n) is 5.21. The molecule has 0 radical (unpaired) electrons. The van der Waals surface area contributed by atoms with E-state index in [1.807, 2.05) is 36.4 Å². The van der Waals surface area contributed by atoms with Crippen LogP contribution >= 0.6 is 0 Å². The number of amides is 1. The lowest BCUT2D eigenvalue weighted by Crippen LogP contribution is -2.26. The van der Waals surface area contributed by atoms with Crippen LogP contribution in [0, 0.1) is 5.41 Å². The van der Waals surface area contributed by atoms with Gasteiger partial charge in [-0.15, -0.1) is 0 Å².